The highest BCUT2D eigenvalue weighted by Gasteiger charge is 2.03. The number of pyridine rings is 1. The van der Waals surface area contributed by atoms with Gasteiger partial charge in [-0.3, -0.25) is 9.78 Å². The number of hydrogen-bond donors (Lipinski definition) is 1. The summed E-state index contributed by atoms with van der Waals surface area (Å²) in [5, 5.41) is 2.83. The second kappa shape index (κ2) is 4.60. The molecular weight excluding hydrogens is 164 g/mol. The molecule has 1 aromatic rings. The van der Waals surface area contributed by atoms with Crippen molar-refractivity contribution in [2.24, 2.45) is 5.92 Å². The van der Waals surface area contributed by atoms with Crippen molar-refractivity contribution >= 4 is 5.91 Å². The minimum absolute atomic E-state index is 0.0314. The fourth-order valence-corrected chi connectivity index (χ4v) is 0.902. The van der Waals surface area contributed by atoms with Gasteiger partial charge in [0.1, 0.15) is 0 Å². The number of nitrogens with one attached hydrogen (secondary N) is 1. The highest BCUT2D eigenvalue weighted by atomic mass is 16.1. The summed E-state index contributed by atoms with van der Waals surface area (Å²) in [4.78, 5) is 15.3. The first-order chi connectivity index (χ1) is 6.20. The first-order valence-electron chi connectivity index (χ1n) is 4.38. The van der Waals surface area contributed by atoms with Gasteiger partial charge < -0.3 is 5.32 Å². The minimum atomic E-state index is -0.0314. The van der Waals surface area contributed by atoms with Gasteiger partial charge in [-0.1, -0.05) is 13.8 Å². The molecule has 0 aliphatic carbocycles. The summed E-state index contributed by atoms with van der Waals surface area (Å²) in [6.45, 7) is 4.83. The number of amides is 1. The predicted molar refractivity (Wildman–Crippen MR) is 51.4 cm³/mol. The molecule has 0 radical (unpaired) electrons. The van der Waals surface area contributed by atoms with Gasteiger partial charge >= 0.3 is 0 Å². The molecule has 13 heavy (non-hydrogen) atoms. The maximum absolute atomic E-state index is 11.4. The van der Waals surface area contributed by atoms with E-state index >= 15 is 0 Å². The van der Waals surface area contributed by atoms with E-state index in [4.69, 9.17) is 0 Å². The van der Waals surface area contributed by atoms with Gasteiger partial charge in [-0.25, -0.2) is 0 Å². The third kappa shape index (κ3) is 3.23. The number of carbonyl (C=O) groups is 1. The Bertz CT molecular complexity index is 270. The first-order valence-corrected chi connectivity index (χ1v) is 4.38. The topological polar surface area (TPSA) is 42.0 Å². The van der Waals surface area contributed by atoms with Crippen LogP contribution in [0.4, 0.5) is 0 Å². The van der Waals surface area contributed by atoms with Crippen molar-refractivity contribution in [2.75, 3.05) is 6.54 Å². The summed E-state index contributed by atoms with van der Waals surface area (Å²) in [6, 6.07) is 3.41. The molecular formula is C10H14N2O. The van der Waals surface area contributed by atoms with Gasteiger partial charge in [-0.2, -0.15) is 0 Å². The van der Waals surface area contributed by atoms with Crippen LogP contribution in [0.15, 0.2) is 24.5 Å². The van der Waals surface area contributed by atoms with Gasteiger partial charge in [0.2, 0.25) is 0 Å². The fraction of sp³-hybridized carbons (Fsp3) is 0.400. The van der Waals surface area contributed by atoms with E-state index in [1.54, 1.807) is 24.5 Å². The van der Waals surface area contributed by atoms with Gasteiger partial charge in [-0.15, -0.1) is 0 Å². The maximum Gasteiger partial charge on any atom is 0.251 e. The lowest BCUT2D eigenvalue weighted by Gasteiger charge is -2.06. The zero-order valence-electron chi connectivity index (χ0n) is 7.95. The van der Waals surface area contributed by atoms with Crippen molar-refractivity contribution in [3.63, 3.8) is 0 Å². The molecule has 0 aliphatic heterocycles. The van der Waals surface area contributed by atoms with Gasteiger partial charge in [0.05, 0.1) is 0 Å². The standard InChI is InChI=1S/C10H14N2O/c1-8(2)7-12-10(13)9-3-5-11-6-4-9/h3-6,8H,7H2,1-2H3,(H,12,13). The lowest BCUT2D eigenvalue weighted by atomic mass is 10.2. The van der Waals surface area contributed by atoms with E-state index in [2.05, 4.69) is 24.1 Å². The van der Waals surface area contributed by atoms with E-state index in [-0.39, 0.29) is 5.91 Å². The van der Waals surface area contributed by atoms with Crippen LogP contribution in [-0.2, 0) is 0 Å². The molecule has 0 unspecified atom stereocenters. The highest BCUT2D eigenvalue weighted by molar-refractivity contribution is 5.93. The van der Waals surface area contributed by atoms with Gasteiger partial charge in [0.25, 0.3) is 5.91 Å². The normalized spacial score (nSPS) is 10.1. The summed E-state index contributed by atoms with van der Waals surface area (Å²) in [5.74, 6) is 0.446. The number of aromatic nitrogens is 1. The van der Waals surface area contributed by atoms with Crippen LogP contribution in [-0.4, -0.2) is 17.4 Å². The Morgan fingerprint density at radius 2 is 2.08 bits per heavy atom. The number of hydrogen-bond acceptors (Lipinski definition) is 2. The highest BCUT2D eigenvalue weighted by Crippen LogP contribution is 1.96. The maximum atomic E-state index is 11.4. The van der Waals surface area contributed by atoms with E-state index in [0.29, 0.717) is 18.0 Å². The molecule has 1 N–H and O–H groups in total. The molecule has 0 saturated heterocycles. The zero-order chi connectivity index (χ0) is 9.68. The lowest BCUT2D eigenvalue weighted by Crippen LogP contribution is -2.27. The Morgan fingerprint density at radius 1 is 1.46 bits per heavy atom. The summed E-state index contributed by atoms with van der Waals surface area (Å²) in [6.07, 6.45) is 3.23. The second-order valence-corrected chi connectivity index (χ2v) is 3.34. The van der Waals surface area contributed by atoms with Crippen molar-refractivity contribution in [3.8, 4) is 0 Å². The van der Waals surface area contributed by atoms with Crippen molar-refractivity contribution < 1.29 is 4.79 Å². The summed E-state index contributed by atoms with van der Waals surface area (Å²) < 4.78 is 0. The van der Waals surface area contributed by atoms with Gasteiger partial charge in [0, 0.05) is 24.5 Å². The number of rotatable bonds is 3. The third-order valence-electron chi connectivity index (χ3n) is 1.61. The molecule has 0 aromatic carbocycles. The molecule has 1 rings (SSSR count). The predicted octanol–water partition coefficient (Wildman–Crippen LogP) is 1.47. The van der Waals surface area contributed by atoms with E-state index < -0.39 is 0 Å². The molecule has 1 aromatic heterocycles. The lowest BCUT2D eigenvalue weighted by molar-refractivity contribution is 0.0949. The van der Waals surface area contributed by atoms with Gasteiger partial charge in [-0.05, 0) is 18.1 Å². The monoisotopic (exact) mass is 178 g/mol. The van der Waals surface area contributed by atoms with Crippen molar-refractivity contribution in [1.29, 1.82) is 0 Å². The molecule has 0 spiro atoms. The average molecular weight is 178 g/mol. The molecule has 3 heteroatoms. The minimum Gasteiger partial charge on any atom is -0.352 e. The van der Waals surface area contributed by atoms with Crippen LogP contribution in [0.3, 0.4) is 0 Å². The molecule has 3 nitrogen and oxygen atoms in total. The third-order valence-corrected chi connectivity index (χ3v) is 1.61. The summed E-state index contributed by atoms with van der Waals surface area (Å²) >= 11 is 0. The van der Waals surface area contributed by atoms with Crippen LogP contribution >= 0.6 is 0 Å². The largest absolute Gasteiger partial charge is 0.352 e. The first kappa shape index (κ1) is 9.71. The SMILES string of the molecule is CC(C)CNC(=O)c1ccncc1. The molecule has 0 atom stereocenters. The Kier molecular flexibility index (Phi) is 3.43. The van der Waals surface area contributed by atoms with Crippen molar-refractivity contribution in [3.05, 3.63) is 30.1 Å². The van der Waals surface area contributed by atoms with Crippen LogP contribution in [0.5, 0.6) is 0 Å². The summed E-state index contributed by atoms with van der Waals surface area (Å²) in [7, 11) is 0. The van der Waals surface area contributed by atoms with Crippen LogP contribution < -0.4 is 5.32 Å². The fourth-order valence-electron chi connectivity index (χ4n) is 0.902. The quantitative estimate of drug-likeness (QED) is 0.761. The van der Waals surface area contributed by atoms with Crippen LogP contribution in [0, 0.1) is 5.92 Å². The van der Waals surface area contributed by atoms with Crippen molar-refractivity contribution in [1.82, 2.24) is 10.3 Å². The second-order valence-electron chi connectivity index (χ2n) is 3.34. The molecule has 1 amide bonds. The molecule has 70 valence electrons. The van der Waals surface area contributed by atoms with Crippen molar-refractivity contribution in [2.45, 2.75) is 13.8 Å². The van der Waals surface area contributed by atoms with Crippen LogP contribution in [0.1, 0.15) is 24.2 Å². The van der Waals surface area contributed by atoms with E-state index in [0.717, 1.165) is 0 Å². The van der Waals surface area contributed by atoms with E-state index in [9.17, 15) is 4.79 Å². The molecule has 0 saturated carbocycles. The Hall–Kier alpha value is -1.38. The molecule has 1 heterocycles. The molecule has 0 aliphatic rings. The van der Waals surface area contributed by atoms with Crippen LogP contribution in [0.2, 0.25) is 0 Å². The molecule has 0 fully saturated rings. The number of carbonyl (C=O) groups excluding carboxylic acids is 1. The van der Waals surface area contributed by atoms with E-state index in [1.165, 1.54) is 0 Å². The Balaban J connectivity index is 2.50. The average Bonchev–Trinajstić information content (AvgIpc) is 2.15. The Labute approximate surface area is 78.2 Å². The number of nitrogens with zero attached hydrogens (tertiary/aromatic N) is 1. The molecule has 0 bridgehead atoms. The van der Waals surface area contributed by atoms with Crippen LogP contribution in [0.25, 0.3) is 0 Å². The Morgan fingerprint density at radius 3 is 2.62 bits per heavy atom. The zero-order valence-corrected chi connectivity index (χ0v) is 7.95. The summed E-state index contributed by atoms with van der Waals surface area (Å²) in [5.41, 5.74) is 0.663. The van der Waals surface area contributed by atoms with E-state index in [1.807, 2.05) is 0 Å². The smallest absolute Gasteiger partial charge is 0.251 e. The van der Waals surface area contributed by atoms with Gasteiger partial charge in [0.15, 0.2) is 0 Å².